The average Bonchev–Trinajstić information content (AvgIpc) is 3.10. The largest absolute Gasteiger partial charge is 0.325 e. The highest BCUT2D eigenvalue weighted by atomic mass is 32.2. The molecular formula is C20H20N4O2S. The molecule has 2 aromatic rings. The second-order valence-electron chi connectivity index (χ2n) is 6.90. The Morgan fingerprint density at radius 2 is 1.93 bits per heavy atom. The Morgan fingerprint density at radius 1 is 1.15 bits per heavy atom. The summed E-state index contributed by atoms with van der Waals surface area (Å²) in [5.41, 5.74) is 3.44. The molecule has 1 saturated heterocycles. The lowest BCUT2D eigenvalue weighted by atomic mass is 9.96. The summed E-state index contributed by atoms with van der Waals surface area (Å²) in [5, 5.41) is 8.27. The lowest BCUT2D eigenvalue weighted by molar-refractivity contribution is -0.122. The number of amidine groups is 1. The van der Waals surface area contributed by atoms with E-state index in [1.165, 1.54) is 0 Å². The SMILES string of the molecule is CN1CCC(C(=O)N=C2N=Nc3ccc(-c4cccc(SO)c4)cc32)CC1. The number of azo groups is 1. The maximum absolute atomic E-state index is 12.6. The van der Waals surface area contributed by atoms with E-state index in [0.29, 0.717) is 5.84 Å². The van der Waals surface area contributed by atoms with Gasteiger partial charge in [-0.2, -0.15) is 4.99 Å². The maximum Gasteiger partial charge on any atom is 0.250 e. The van der Waals surface area contributed by atoms with E-state index in [-0.39, 0.29) is 11.8 Å². The summed E-state index contributed by atoms with van der Waals surface area (Å²) in [7, 11) is 2.07. The van der Waals surface area contributed by atoms with Crippen molar-refractivity contribution in [3.05, 3.63) is 48.0 Å². The van der Waals surface area contributed by atoms with E-state index in [4.69, 9.17) is 0 Å². The van der Waals surface area contributed by atoms with Gasteiger partial charge in [0.2, 0.25) is 0 Å². The Hall–Kier alpha value is -2.35. The number of hydrogen-bond acceptors (Lipinski definition) is 5. The quantitative estimate of drug-likeness (QED) is 0.788. The molecule has 138 valence electrons. The number of aliphatic imine (C=N–C) groups is 1. The fourth-order valence-corrected chi connectivity index (χ4v) is 3.72. The van der Waals surface area contributed by atoms with Crippen LogP contribution < -0.4 is 0 Å². The van der Waals surface area contributed by atoms with Gasteiger partial charge in [-0.3, -0.25) is 4.79 Å². The second-order valence-corrected chi connectivity index (χ2v) is 7.56. The van der Waals surface area contributed by atoms with Gasteiger partial charge in [0.15, 0.2) is 5.84 Å². The van der Waals surface area contributed by atoms with Gasteiger partial charge in [0.25, 0.3) is 5.91 Å². The van der Waals surface area contributed by atoms with Crippen molar-refractivity contribution in [1.29, 1.82) is 0 Å². The summed E-state index contributed by atoms with van der Waals surface area (Å²) in [6.45, 7) is 1.84. The van der Waals surface area contributed by atoms with Crippen LogP contribution in [0.25, 0.3) is 11.1 Å². The predicted octanol–water partition coefficient (Wildman–Crippen LogP) is 4.63. The fraction of sp³-hybridized carbons (Fsp3) is 0.300. The first kappa shape index (κ1) is 18.0. The average molecular weight is 380 g/mol. The van der Waals surface area contributed by atoms with E-state index in [0.717, 1.165) is 65.2 Å². The van der Waals surface area contributed by atoms with Crippen molar-refractivity contribution in [2.75, 3.05) is 20.1 Å². The predicted molar refractivity (Wildman–Crippen MR) is 107 cm³/mol. The number of likely N-dealkylation sites (tertiary alicyclic amines) is 1. The molecule has 0 unspecified atom stereocenters. The first-order valence-corrected chi connectivity index (χ1v) is 9.70. The molecule has 1 amide bonds. The zero-order valence-corrected chi connectivity index (χ0v) is 15.8. The molecule has 6 nitrogen and oxygen atoms in total. The van der Waals surface area contributed by atoms with Gasteiger partial charge in [0.05, 0.1) is 5.69 Å². The summed E-state index contributed by atoms with van der Waals surface area (Å²) in [5.74, 6) is 0.256. The lowest BCUT2D eigenvalue weighted by Gasteiger charge is -2.26. The van der Waals surface area contributed by atoms with Gasteiger partial charge < -0.3 is 9.45 Å². The molecule has 2 aromatic carbocycles. The number of hydrogen-bond donors (Lipinski definition) is 1. The highest BCUT2D eigenvalue weighted by Crippen LogP contribution is 2.33. The highest BCUT2D eigenvalue weighted by molar-refractivity contribution is 7.93. The van der Waals surface area contributed by atoms with Crippen LogP contribution in [0.2, 0.25) is 0 Å². The van der Waals surface area contributed by atoms with Crippen LogP contribution in [0.3, 0.4) is 0 Å². The molecule has 1 fully saturated rings. The number of rotatable bonds is 3. The molecular weight excluding hydrogens is 360 g/mol. The molecule has 4 rings (SSSR count). The number of benzene rings is 2. The van der Waals surface area contributed by atoms with Crippen LogP contribution in [0.4, 0.5) is 5.69 Å². The molecule has 27 heavy (non-hydrogen) atoms. The van der Waals surface area contributed by atoms with E-state index in [1.807, 2.05) is 42.5 Å². The minimum Gasteiger partial charge on any atom is -0.325 e. The Kier molecular flexibility index (Phi) is 5.15. The van der Waals surface area contributed by atoms with Crippen LogP contribution in [0.5, 0.6) is 0 Å². The summed E-state index contributed by atoms with van der Waals surface area (Å²) >= 11 is 0.719. The Bertz CT molecular complexity index is 933. The number of fused-ring (bicyclic) bond motifs is 1. The van der Waals surface area contributed by atoms with E-state index >= 15 is 0 Å². The van der Waals surface area contributed by atoms with Gasteiger partial charge in [-0.25, -0.2) is 0 Å². The lowest BCUT2D eigenvalue weighted by Crippen LogP contribution is -2.33. The molecule has 0 atom stereocenters. The monoisotopic (exact) mass is 380 g/mol. The summed E-state index contributed by atoms with van der Waals surface area (Å²) in [6, 6.07) is 13.4. The van der Waals surface area contributed by atoms with E-state index < -0.39 is 0 Å². The van der Waals surface area contributed by atoms with Crippen LogP contribution in [0.15, 0.2) is 62.6 Å². The van der Waals surface area contributed by atoms with Crippen molar-refractivity contribution in [2.45, 2.75) is 17.7 Å². The number of amides is 1. The molecule has 0 radical (unpaired) electrons. The molecule has 2 aliphatic rings. The third-order valence-corrected chi connectivity index (χ3v) is 5.51. The van der Waals surface area contributed by atoms with Gasteiger partial charge >= 0.3 is 0 Å². The van der Waals surface area contributed by atoms with Crippen molar-refractivity contribution in [3.8, 4) is 11.1 Å². The van der Waals surface area contributed by atoms with Gasteiger partial charge in [-0.15, -0.1) is 10.2 Å². The van der Waals surface area contributed by atoms with Crippen LogP contribution in [-0.2, 0) is 4.79 Å². The van der Waals surface area contributed by atoms with Gasteiger partial charge in [-0.05, 0) is 68.4 Å². The van der Waals surface area contributed by atoms with Crippen LogP contribution in [0.1, 0.15) is 18.4 Å². The molecule has 0 spiro atoms. The molecule has 7 heteroatoms. The Balaban J connectivity index is 1.60. The zero-order chi connectivity index (χ0) is 18.8. The summed E-state index contributed by atoms with van der Waals surface area (Å²) < 4.78 is 9.27. The third kappa shape index (κ3) is 3.85. The topological polar surface area (TPSA) is 77.6 Å². The minimum atomic E-state index is -0.103. The van der Waals surface area contributed by atoms with Crippen LogP contribution in [0, 0.1) is 5.92 Å². The molecule has 0 bridgehead atoms. The van der Waals surface area contributed by atoms with E-state index in [9.17, 15) is 9.35 Å². The second kappa shape index (κ2) is 7.72. The number of nitrogens with zero attached hydrogens (tertiary/aromatic N) is 4. The first-order chi connectivity index (χ1) is 13.1. The van der Waals surface area contributed by atoms with Crippen molar-refractivity contribution >= 4 is 29.5 Å². The maximum atomic E-state index is 12.6. The number of carbonyl (C=O) groups is 1. The van der Waals surface area contributed by atoms with E-state index in [1.54, 1.807) is 0 Å². The van der Waals surface area contributed by atoms with Crippen LogP contribution >= 0.6 is 12.0 Å². The van der Waals surface area contributed by atoms with Crippen LogP contribution in [-0.4, -0.2) is 41.3 Å². The van der Waals surface area contributed by atoms with Crippen molar-refractivity contribution in [2.24, 2.45) is 21.1 Å². The van der Waals surface area contributed by atoms with Gasteiger partial charge in [-0.1, -0.05) is 18.2 Å². The van der Waals surface area contributed by atoms with Crippen molar-refractivity contribution in [1.82, 2.24) is 4.90 Å². The van der Waals surface area contributed by atoms with Crippen molar-refractivity contribution in [3.63, 3.8) is 0 Å². The molecule has 0 aromatic heterocycles. The summed E-state index contributed by atoms with van der Waals surface area (Å²) in [6.07, 6.45) is 1.67. The molecule has 2 aliphatic heterocycles. The fourth-order valence-electron chi connectivity index (χ4n) is 3.40. The summed E-state index contributed by atoms with van der Waals surface area (Å²) in [4.78, 5) is 19.9. The molecule has 2 heterocycles. The highest BCUT2D eigenvalue weighted by Gasteiger charge is 2.25. The Labute approximate surface area is 162 Å². The van der Waals surface area contributed by atoms with Gasteiger partial charge in [0, 0.05) is 28.4 Å². The zero-order valence-electron chi connectivity index (χ0n) is 15.0. The Morgan fingerprint density at radius 3 is 2.70 bits per heavy atom. The normalized spacial score (nSPS) is 18.8. The molecule has 1 N–H and O–H groups in total. The van der Waals surface area contributed by atoms with E-state index in [2.05, 4.69) is 27.2 Å². The minimum absolute atomic E-state index is 0.0330. The number of carbonyl (C=O) groups excluding carboxylic acids is 1. The first-order valence-electron chi connectivity index (χ1n) is 8.93. The number of piperidine rings is 1. The smallest absolute Gasteiger partial charge is 0.250 e. The van der Waals surface area contributed by atoms with Gasteiger partial charge in [0.1, 0.15) is 0 Å². The standard InChI is InChI=1S/C20H20N4O2S/c1-24-9-7-13(8-10-24)20(25)21-19-17-12-15(5-6-18(17)22-23-19)14-3-2-4-16(11-14)27-26/h2-6,11-13,26H,7-10H2,1H3. The molecule has 0 saturated carbocycles. The third-order valence-electron chi connectivity index (χ3n) is 5.05. The van der Waals surface area contributed by atoms with Crippen molar-refractivity contribution < 1.29 is 9.35 Å². The molecule has 0 aliphatic carbocycles.